The van der Waals surface area contributed by atoms with E-state index in [1.54, 1.807) is 12.1 Å². The minimum atomic E-state index is -0.293. The lowest BCUT2D eigenvalue weighted by Crippen LogP contribution is -2.39. The van der Waals surface area contributed by atoms with Crippen molar-refractivity contribution in [3.8, 4) is 0 Å². The summed E-state index contributed by atoms with van der Waals surface area (Å²) in [6, 6.07) is 6.35. The van der Waals surface area contributed by atoms with Gasteiger partial charge in [0.2, 0.25) is 5.91 Å². The lowest BCUT2D eigenvalue weighted by atomic mass is 9.95. The molecule has 4 heteroatoms. The van der Waals surface area contributed by atoms with Gasteiger partial charge in [-0.2, -0.15) is 0 Å². The molecule has 0 aliphatic heterocycles. The molecule has 2 aliphatic carbocycles. The highest BCUT2D eigenvalue weighted by atomic mass is 19.1. The minimum Gasteiger partial charge on any atom is -0.325 e. The number of fused-ring (bicyclic) bond motifs is 2. The van der Waals surface area contributed by atoms with Crippen LogP contribution in [0.4, 0.5) is 10.1 Å². The summed E-state index contributed by atoms with van der Waals surface area (Å²) >= 11 is 0. The molecular formula is C15H19FN2O. The van der Waals surface area contributed by atoms with Gasteiger partial charge in [-0.15, -0.1) is 0 Å². The largest absolute Gasteiger partial charge is 0.325 e. The normalized spacial score (nSPS) is 28.6. The maximum Gasteiger partial charge on any atom is 0.238 e. The van der Waals surface area contributed by atoms with Crippen molar-refractivity contribution in [1.82, 2.24) is 5.32 Å². The van der Waals surface area contributed by atoms with Crippen molar-refractivity contribution >= 4 is 11.6 Å². The molecule has 102 valence electrons. The van der Waals surface area contributed by atoms with Crippen molar-refractivity contribution in [3.63, 3.8) is 0 Å². The molecule has 3 rings (SSSR count). The maximum absolute atomic E-state index is 12.7. The summed E-state index contributed by atoms with van der Waals surface area (Å²) in [4.78, 5) is 11.8. The van der Waals surface area contributed by atoms with Crippen LogP contribution in [0.5, 0.6) is 0 Å². The fraction of sp³-hybridized carbons (Fsp3) is 0.533. The lowest BCUT2D eigenvalue weighted by molar-refractivity contribution is -0.115. The second kappa shape index (κ2) is 5.29. The zero-order valence-corrected chi connectivity index (χ0v) is 10.9. The third-order valence-corrected chi connectivity index (χ3v) is 4.39. The van der Waals surface area contributed by atoms with Crippen molar-refractivity contribution in [2.75, 3.05) is 11.9 Å². The first-order valence-corrected chi connectivity index (χ1v) is 6.99. The average molecular weight is 262 g/mol. The predicted octanol–water partition coefficient (Wildman–Crippen LogP) is 2.54. The Kier molecular flexibility index (Phi) is 3.51. The summed E-state index contributed by atoms with van der Waals surface area (Å²) in [5.74, 6) is 1.29. The zero-order chi connectivity index (χ0) is 13.2. The Labute approximate surface area is 112 Å². The smallest absolute Gasteiger partial charge is 0.238 e. The van der Waals surface area contributed by atoms with Crippen molar-refractivity contribution in [2.24, 2.45) is 11.8 Å². The molecule has 1 aromatic rings. The number of anilines is 1. The van der Waals surface area contributed by atoms with Gasteiger partial charge in [0.15, 0.2) is 0 Å². The average Bonchev–Trinajstić information content (AvgIpc) is 3.01. The summed E-state index contributed by atoms with van der Waals surface area (Å²) < 4.78 is 12.7. The van der Waals surface area contributed by atoms with Gasteiger partial charge < -0.3 is 10.6 Å². The Bertz CT molecular complexity index is 460. The fourth-order valence-corrected chi connectivity index (χ4v) is 3.46. The predicted molar refractivity (Wildman–Crippen MR) is 72.3 cm³/mol. The number of rotatable bonds is 4. The monoisotopic (exact) mass is 262 g/mol. The summed E-state index contributed by atoms with van der Waals surface area (Å²) in [6.45, 7) is 0.339. The Hall–Kier alpha value is -1.42. The van der Waals surface area contributed by atoms with Gasteiger partial charge in [-0.05, 0) is 55.4 Å². The Balaban J connectivity index is 1.45. The van der Waals surface area contributed by atoms with Crippen LogP contribution in [0.1, 0.15) is 25.7 Å². The van der Waals surface area contributed by atoms with Crippen molar-refractivity contribution in [1.29, 1.82) is 0 Å². The molecule has 0 saturated heterocycles. The SMILES string of the molecule is O=C(CNC1CC2CCC1C2)Nc1ccc(F)cc1. The van der Waals surface area contributed by atoms with Gasteiger partial charge in [0.05, 0.1) is 6.54 Å². The van der Waals surface area contributed by atoms with Gasteiger partial charge in [-0.25, -0.2) is 4.39 Å². The highest BCUT2D eigenvalue weighted by Crippen LogP contribution is 2.44. The number of hydrogen-bond donors (Lipinski definition) is 2. The quantitative estimate of drug-likeness (QED) is 0.875. The molecule has 0 radical (unpaired) electrons. The van der Waals surface area contributed by atoms with E-state index in [4.69, 9.17) is 0 Å². The first-order valence-electron chi connectivity index (χ1n) is 6.99. The molecule has 19 heavy (non-hydrogen) atoms. The van der Waals surface area contributed by atoms with Crippen LogP contribution in [0.25, 0.3) is 0 Å². The van der Waals surface area contributed by atoms with Gasteiger partial charge >= 0.3 is 0 Å². The number of amides is 1. The van der Waals surface area contributed by atoms with E-state index in [1.807, 2.05) is 0 Å². The van der Waals surface area contributed by atoms with Crippen LogP contribution in [0, 0.1) is 17.7 Å². The number of halogens is 1. The Morgan fingerprint density at radius 2 is 2.00 bits per heavy atom. The molecule has 1 aromatic carbocycles. The Morgan fingerprint density at radius 3 is 2.63 bits per heavy atom. The van der Waals surface area contributed by atoms with Crippen molar-refractivity contribution < 1.29 is 9.18 Å². The molecule has 0 spiro atoms. The van der Waals surface area contributed by atoms with E-state index in [0.29, 0.717) is 18.3 Å². The topological polar surface area (TPSA) is 41.1 Å². The van der Waals surface area contributed by atoms with E-state index >= 15 is 0 Å². The number of benzene rings is 1. The number of hydrogen-bond acceptors (Lipinski definition) is 2. The van der Waals surface area contributed by atoms with Gasteiger partial charge in [-0.3, -0.25) is 4.79 Å². The molecule has 3 nitrogen and oxygen atoms in total. The summed E-state index contributed by atoms with van der Waals surface area (Å²) in [6.07, 6.45) is 5.22. The molecule has 1 amide bonds. The van der Waals surface area contributed by atoms with Gasteiger partial charge in [-0.1, -0.05) is 6.42 Å². The second-order valence-corrected chi connectivity index (χ2v) is 5.72. The maximum atomic E-state index is 12.7. The van der Waals surface area contributed by atoms with E-state index < -0.39 is 0 Å². The summed E-state index contributed by atoms with van der Waals surface area (Å²) in [7, 11) is 0. The van der Waals surface area contributed by atoms with Crippen LogP contribution < -0.4 is 10.6 Å². The van der Waals surface area contributed by atoms with Crippen LogP contribution in [0.15, 0.2) is 24.3 Å². The summed E-state index contributed by atoms with van der Waals surface area (Å²) in [5.41, 5.74) is 0.640. The van der Waals surface area contributed by atoms with Crippen molar-refractivity contribution in [2.45, 2.75) is 31.7 Å². The van der Waals surface area contributed by atoms with Gasteiger partial charge in [0, 0.05) is 11.7 Å². The molecular weight excluding hydrogens is 243 g/mol. The van der Waals surface area contributed by atoms with Crippen LogP contribution in [0.2, 0.25) is 0 Å². The van der Waals surface area contributed by atoms with E-state index in [2.05, 4.69) is 10.6 Å². The van der Waals surface area contributed by atoms with Gasteiger partial charge in [0.25, 0.3) is 0 Å². The lowest BCUT2D eigenvalue weighted by Gasteiger charge is -2.22. The molecule has 2 saturated carbocycles. The third kappa shape index (κ3) is 2.95. The summed E-state index contributed by atoms with van der Waals surface area (Å²) in [5, 5.41) is 6.13. The third-order valence-electron chi connectivity index (χ3n) is 4.39. The first-order chi connectivity index (χ1) is 9.20. The second-order valence-electron chi connectivity index (χ2n) is 5.72. The highest BCUT2D eigenvalue weighted by molar-refractivity contribution is 5.92. The van der Waals surface area contributed by atoms with E-state index in [9.17, 15) is 9.18 Å². The van der Waals surface area contributed by atoms with E-state index in [0.717, 1.165) is 11.8 Å². The first kappa shape index (κ1) is 12.6. The molecule has 3 unspecified atom stereocenters. The van der Waals surface area contributed by atoms with Crippen LogP contribution in [0.3, 0.4) is 0 Å². The molecule has 2 fully saturated rings. The fourth-order valence-electron chi connectivity index (χ4n) is 3.46. The molecule has 2 bridgehead atoms. The minimum absolute atomic E-state index is 0.0608. The van der Waals surface area contributed by atoms with Crippen LogP contribution >= 0.6 is 0 Å². The molecule has 2 N–H and O–H groups in total. The number of nitrogens with one attached hydrogen (secondary N) is 2. The molecule has 2 aliphatic rings. The molecule has 0 aromatic heterocycles. The molecule has 3 atom stereocenters. The number of carbonyl (C=O) groups excluding carboxylic acids is 1. The number of carbonyl (C=O) groups is 1. The zero-order valence-electron chi connectivity index (χ0n) is 10.9. The standard InChI is InChI=1S/C15H19FN2O/c16-12-3-5-13(6-4-12)18-15(19)9-17-14-8-10-1-2-11(14)7-10/h3-6,10-11,14,17H,1-2,7-9H2,(H,18,19). The van der Waals surface area contributed by atoms with E-state index in [-0.39, 0.29) is 11.7 Å². The van der Waals surface area contributed by atoms with Crippen LogP contribution in [-0.4, -0.2) is 18.5 Å². The Morgan fingerprint density at radius 1 is 1.21 bits per heavy atom. The van der Waals surface area contributed by atoms with E-state index in [1.165, 1.54) is 37.8 Å². The van der Waals surface area contributed by atoms with Gasteiger partial charge in [0.1, 0.15) is 5.82 Å². The highest BCUT2D eigenvalue weighted by Gasteiger charge is 2.39. The molecule has 0 heterocycles. The van der Waals surface area contributed by atoms with Crippen LogP contribution in [-0.2, 0) is 4.79 Å². The van der Waals surface area contributed by atoms with Crippen molar-refractivity contribution in [3.05, 3.63) is 30.1 Å².